The second-order valence-electron chi connectivity index (χ2n) is 6.36. The van der Waals surface area contributed by atoms with E-state index in [1.165, 1.54) is 0 Å². The zero-order chi connectivity index (χ0) is 18.8. The van der Waals surface area contributed by atoms with E-state index in [0.717, 1.165) is 22.4 Å². The van der Waals surface area contributed by atoms with Gasteiger partial charge in [0.2, 0.25) is 0 Å². The van der Waals surface area contributed by atoms with Crippen LogP contribution in [0.3, 0.4) is 0 Å². The van der Waals surface area contributed by atoms with E-state index in [9.17, 15) is 4.79 Å². The Morgan fingerprint density at radius 2 is 1.56 bits per heavy atom. The Morgan fingerprint density at radius 3 is 2.22 bits per heavy atom. The van der Waals surface area contributed by atoms with Crippen molar-refractivity contribution in [2.75, 3.05) is 4.90 Å². The van der Waals surface area contributed by atoms with Gasteiger partial charge >= 0.3 is 0 Å². The molecule has 0 unspecified atom stereocenters. The maximum absolute atomic E-state index is 13.2. The Morgan fingerprint density at radius 1 is 0.889 bits per heavy atom. The molecular weight excluding hydrogens is 356 g/mol. The summed E-state index contributed by atoms with van der Waals surface area (Å²) in [5, 5.41) is 0.644. The van der Waals surface area contributed by atoms with Crippen LogP contribution in [0.4, 0.5) is 5.69 Å². The summed E-state index contributed by atoms with van der Waals surface area (Å²) in [6.07, 6.45) is 1.81. The Kier molecular flexibility index (Phi) is 4.61. The summed E-state index contributed by atoms with van der Waals surface area (Å²) in [6, 6.07) is 24.9. The van der Waals surface area contributed by atoms with Gasteiger partial charge in [-0.25, -0.2) is 4.99 Å². The highest BCUT2D eigenvalue weighted by molar-refractivity contribution is 6.34. The molecule has 1 heterocycles. The predicted molar refractivity (Wildman–Crippen MR) is 111 cm³/mol. The van der Waals surface area contributed by atoms with Crippen molar-refractivity contribution >= 4 is 35.1 Å². The number of hydrogen-bond acceptors (Lipinski definition) is 2. The van der Waals surface area contributed by atoms with E-state index in [1.807, 2.05) is 79.7 Å². The number of halogens is 1. The van der Waals surface area contributed by atoms with Crippen molar-refractivity contribution < 1.29 is 4.79 Å². The molecule has 3 aromatic rings. The van der Waals surface area contributed by atoms with Crippen molar-refractivity contribution in [3.63, 3.8) is 0 Å². The van der Waals surface area contributed by atoms with E-state index in [0.29, 0.717) is 16.6 Å². The molecule has 3 nitrogen and oxygen atoms in total. The number of amidine groups is 1. The van der Waals surface area contributed by atoms with Crippen LogP contribution < -0.4 is 4.90 Å². The van der Waals surface area contributed by atoms with Gasteiger partial charge in [-0.2, -0.15) is 0 Å². The van der Waals surface area contributed by atoms with Crippen LogP contribution in [-0.4, -0.2) is 11.7 Å². The van der Waals surface area contributed by atoms with Gasteiger partial charge in [-0.3, -0.25) is 9.69 Å². The summed E-state index contributed by atoms with van der Waals surface area (Å²) in [7, 11) is 0. The lowest BCUT2D eigenvalue weighted by Crippen LogP contribution is -2.32. The number of benzene rings is 3. The van der Waals surface area contributed by atoms with Crippen molar-refractivity contribution in [2.24, 2.45) is 4.99 Å². The molecule has 0 saturated carbocycles. The Hall–Kier alpha value is -3.17. The molecule has 0 saturated heterocycles. The first-order chi connectivity index (χ1) is 13.1. The number of anilines is 1. The van der Waals surface area contributed by atoms with Crippen LogP contribution in [-0.2, 0) is 4.79 Å². The van der Waals surface area contributed by atoms with Gasteiger partial charge in [-0.1, -0.05) is 59.6 Å². The minimum Gasteiger partial charge on any atom is -0.266 e. The van der Waals surface area contributed by atoms with E-state index < -0.39 is 0 Å². The zero-order valence-electron chi connectivity index (χ0n) is 14.8. The minimum absolute atomic E-state index is 0.146. The van der Waals surface area contributed by atoms with Crippen molar-refractivity contribution in [2.45, 2.75) is 6.92 Å². The summed E-state index contributed by atoms with van der Waals surface area (Å²) in [5.41, 5.74) is 4.11. The van der Waals surface area contributed by atoms with Gasteiger partial charge in [-0.05, 0) is 55.0 Å². The first kappa shape index (κ1) is 17.3. The second kappa shape index (κ2) is 7.22. The fraction of sp³-hybridized carbons (Fsp3) is 0.0435. The van der Waals surface area contributed by atoms with E-state index in [1.54, 1.807) is 17.0 Å². The molecule has 1 amide bonds. The van der Waals surface area contributed by atoms with Gasteiger partial charge < -0.3 is 0 Å². The molecule has 0 N–H and O–H groups in total. The molecule has 0 atom stereocenters. The number of aliphatic imine (C=N–C) groups is 1. The van der Waals surface area contributed by atoms with Crippen molar-refractivity contribution in [1.29, 1.82) is 0 Å². The zero-order valence-corrected chi connectivity index (χ0v) is 15.5. The minimum atomic E-state index is -0.146. The predicted octanol–water partition coefficient (Wildman–Crippen LogP) is 5.48. The van der Waals surface area contributed by atoms with Crippen LogP contribution in [0.5, 0.6) is 0 Å². The van der Waals surface area contributed by atoms with Crippen LogP contribution in [0.1, 0.15) is 16.7 Å². The summed E-state index contributed by atoms with van der Waals surface area (Å²) < 4.78 is 0. The standard InChI is InChI=1S/C23H17ClN2O/c1-16-7-13-20(14-8-16)26-22(18-9-11-19(24)12-10-18)25-21(23(26)27)15-17-5-3-2-4-6-17/h2-15H,1H3/b21-15+. The molecule has 4 heteroatoms. The number of carbonyl (C=O) groups is 1. The Bertz CT molecular complexity index is 1040. The van der Waals surface area contributed by atoms with E-state index >= 15 is 0 Å². The van der Waals surface area contributed by atoms with Gasteiger partial charge in [0.1, 0.15) is 11.5 Å². The summed E-state index contributed by atoms with van der Waals surface area (Å²) in [5.74, 6) is 0.454. The monoisotopic (exact) mass is 372 g/mol. The molecule has 3 aromatic carbocycles. The first-order valence-electron chi connectivity index (χ1n) is 8.64. The lowest BCUT2D eigenvalue weighted by atomic mass is 10.1. The van der Waals surface area contributed by atoms with Crippen LogP contribution in [0.2, 0.25) is 5.02 Å². The fourth-order valence-electron chi connectivity index (χ4n) is 2.95. The SMILES string of the molecule is Cc1ccc(N2C(=O)/C(=C\c3ccccc3)N=C2c2ccc(Cl)cc2)cc1. The maximum atomic E-state index is 13.2. The Balaban J connectivity index is 1.82. The summed E-state index contributed by atoms with van der Waals surface area (Å²) in [6.45, 7) is 2.02. The van der Waals surface area contributed by atoms with Crippen LogP contribution >= 0.6 is 11.6 Å². The third-order valence-corrected chi connectivity index (χ3v) is 4.61. The molecule has 1 aliphatic rings. The van der Waals surface area contributed by atoms with E-state index in [2.05, 4.69) is 4.99 Å². The average Bonchev–Trinajstić information content (AvgIpc) is 3.00. The number of nitrogens with zero attached hydrogens (tertiary/aromatic N) is 2. The number of rotatable bonds is 3. The molecule has 27 heavy (non-hydrogen) atoms. The van der Waals surface area contributed by atoms with Crippen molar-refractivity contribution in [3.05, 3.63) is 106 Å². The third-order valence-electron chi connectivity index (χ3n) is 4.36. The smallest absolute Gasteiger partial charge is 0.266 e. The molecule has 0 aromatic heterocycles. The van der Waals surface area contributed by atoms with Crippen LogP contribution in [0, 0.1) is 6.92 Å². The van der Waals surface area contributed by atoms with Crippen molar-refractivity contribution in [3.8, 4) is 0 Å². The molecule has 0 radical (unpaired) electrons. The first-order valence-corrected chi connectivity index (χ1v) is 9.02. The molecular formula is C23H17ClN2O. The Labute approximate surface area is 163 Å². The second-order valence-corrected chi connectivity index (χ2v) is 6.80. The molecule has 0 spiro atoms. The summed E-state index contributed by atoms with van der Waals surface area (Å²) in [4.78, 5) is 19.5. The number of amides is 1. The quantitative estimate of drug-likeness (QED) is 0.560. The molecule has 4 rings (SSSR count). The fourth-order valence-corrected chi connectivity index (χ4v) is 3.08. The van der Waals surface area contributed by atoms with Gasteiger partial charge in [0.05, 0.1) is 5.69 Å². The van der Waals surface area contributed by atoms with Gasteiger partial charge in [0.15, 0.2) is 0 Å². The summed E-state index contributed by atoms with van der Waals surface area (Å²) >= 11 is 6.02. The number of hydrogen-bond donors (Lipinski definition) is 0. The molecule has 0 aliphatic carbocycles. The topological polar surface area (TPSA) is 32.7 Å². The van der Waals surface area contributed by atoms with Gasteiger partial charge in [-0.15, -0.1) is 0 Å². The van der Waals surface area contributed by atoms with Gasteiger partial charge in [0, 0.05) is 10.6 Å². The van der Waals surface area contributed by atoms with E-state index in [-0.39, 0.29) is 5.91 Å². The number of carbonyl (C=O) groups excluding carboxylic acids is 1. The lowest BCUT2D eigenvalue weighted by Gasteiger charge is -2.18. The lowest BCUT2D eigenvalue weighted by molar-refractivity contribution is -0.113. The van der Waals surface area contributed by atoms with Crippen LogP contribution in [0.15, 0.2) is 89.6 Å². The average molecular weight is 373 g/mol. The molecule has 0 fully saturated rings. The van der Waals surface area contributed by atoms with Crippen molar-refractivity contribution in [1.82, 2.24) is 0 Å². The highest BCUT2D eigenvalue weighted by Crippen LogP contribution is 2.28. The van der Waals surface area contributed by atoms with E-state index in [4.69, 9.17) is 11.6 Å². The maximum Gasteiger partial charge on any atom is 0.282 e. The molecule has 1 aliphatic heterocycles. The van der Waals surface area contributed by atoms with Crippen LogP contribution in [0.25, 0.3) is 6.08 Å². The molecule has 132 valence electrons. The largest absolute Gasteiger partial charge is 0.282 e. The normalized spacial score (nSPS) is 15.3. The molecule has 0 bridgehead atoms. The third kappa shape index (κ3) is 3.55. The highest BCUT2D eigenvalue weighted by atomic mass is 35.5. The number of aryl methyl sites for hydroxylation is 1. The van der Waals surface area contributed by atoms with Gasteiger partial charge in [0.25, 0.3) is 5.91 Å². The highest BCUT2D eigenvalue weighted by Gasteiger charge is 2.32.